The predicted molar refractivity (Wildman–Crippen MR) is 120 cm³/mol. The molecule has 2 aromatic heterocycles. The maximum Gasteiger partial charge on any atom is 0.261 e. The van der Waals surface area contributed by atoms with Gasteiger partial charge in [-0.3, -0.25) is 4.79 Å². The summed E-state index contributed by atoms with van der Waals surface area (Å²) in [5, 5.41) is 13.8. The first kappa shape index (κ1) is 20.3. The second-order valence-electron chi connectivity index (χ2n) is 7.19. The number of aromatic hydroxyl groups is 1. The summed E-state index contributed by atoms with van der Waals surface area (Å²) in [5.41, 5.74) is 1.98. The Morgan fingerprint density at radius 2 is 1.82 bits per heavy atom. The average Bonchev–Trinajstić information content (AvgIpc) is 3.32. The van der Waals surface area contributed by atoms with E-state index >= 15 is 0 Å². The molecule has 0 bridgehead atoms. The molecule has 0 aliphatic heterocycles. The molecule has 8 heteroatoms. The quantitative estimate of drug-likeness (QED) is 0.399. The Hall–Kier alpha value is -4.59. The predicted octanol–water partition coefficient (Wildman–Crippen LogP) is 4.80. The highest BCUT2D eigenvalue weighted by molar-refractivity contribution is 5.82. The molecule has 0 atom stereocenters. The van der Waals surface area contributed by atoms with Crippen LogP contribution in [0, 0.1) is 0 Å². The molecule has 8 nitrogen and oxygen atoms in total. The monoisotopic (exact) mass is 442 g/mol. The fraction of sp³-hybridized carbons (Fsp3) is 0.0800. The summed E-state index contributed by atoms with van der Waals surface area (Å²) in [5.74, 6) is 1.94. The van der Waals surface area contributed by atoms with Gasteiger partial charge in [0.15, 0.2) is 12.0 Å². The van der Waals surface area contributed by atoms with Crippen molar-refractivity contribution in [2.45, 2.75) is 6.61 Å². The van der Waals surface area contributed by atoms with E-state index < -0.39 is 0 Å². The van der Waals surface area contributed by atoms with E-state index in [1.54, 1.807) is 37.4 Å². The lowest BCUT2D eigenvalue weighted by Crippen LogP contribution is -2.05. The van der Waals surface area contributed by atoms with E-state index in [4.69, 9.17) is 18.4 Å². The van der Waals surface area contributed by atoms with Crippen LogP contribution in [0.5, 0.6) is 17.2 Å². The minimum absolute atomic E-state index is 0.0694. The van der Waals surface area contributed by atoms with Crippen molar-refractivity contribution in [2.75, 3.05) is 7.11 Å². The number of phenolic OH excluding ortho intramolecular Hbond substituents is 1. The Morgan fingerprint density at radius 3 is 2.64 bits per heavy atom. The maximum atomic E-state index is 12.9. The zero-order chi connectivity index (χ0) is 22.8. The van der Waals surface area contributed by atoms with Gasteiger partial charge in [0, 0.05) is 6.07 Å². The third-order valence-electron chi connectivity index (χ3n) is 5.10. The van der Waals surface area contributed by atoms with Crippen molar-refractivity contribution in [1.82, 2.24) is 10.1 Å². The van der Waals surface area contributed by atoms with Gasteiger partial charge >= 0.3 is 0 Å². The number of ether oxygens (including phenoxy) is 2. The van der Waals surface area contributed by atoms with Crippen molar-refractivity contribution >= 4 is 11.0 Å². The second-order valence-corrected chi connectivity index (χ2v) is 7.19. The van der Waals surface area contributed by atoms with Gasteiger partial charge in [-0.1, -0.05) is 29.4 Å². The summed E-state index contributed by atoms with van der Waals surface area (Å²) >= 11 is 0. The number of para-hydroxylation sites is 1. The summed E-state index contributed by atoms with van der Waals surface area (Å²) < 4.78 is 22.1. The number of hydrogen-bond donors (Lipinski definition) is 1. The van der Waals surface area contributed by atoms with Gasteiger partial charge in [0.1, 0.15) is 29.1 Å². The number of rotatable bonds is 6. The lowest BCUT2D eigenvalue weighted by molar-refractivity contribution is 0.287. The Labute approximate surface area is 187 Å². The first-order valence-corrected chi connectivity index (χ1v) is 10.1. The topological polar surface area (TPSA) is 108 Å². The summed E-state index contributed by atoms with van der Waals surface area (Å²) in [6.45, 7) is 0.0694. The number of phenols is 1. The smallest absolute Gasteiger partial charge is 0.261 e. The van der Waals surface area contributed by atoms with Gasteiger partial charge in [-0.15, -0.1) is 0 Å². The molecule has 0 unspecified atom stereocenters. The molecule has 2 heterocycles. The van der Waals surface area contributed by atoms with Crippen molar-refractivity contribution < 1.29 is 23.5 Å². The van der Waals surface area contributed by atoms with Gasteiger partial charge in [-0.2, -0.15) is 4.98 Å². The van der Waals surface area contributed by atoms with E-state index in [2.05, 4.69) is 10.1 Å². The minimum atomic E-state index is -0.173. The van der Waals surface area contributed by atoms with Crippen LogP contribution in [0.25, 0.3) is 33.6 Å². The van der Waals surface area contributed by atoms with E-state index in [0.717, 1.165) is 0 Å². The SMILES string of the molecule is COc1ccccc1-c1nc(COc2ccc3c(=O)c(-c4ccc(O)cc4)coc3c2)no1. The van der Waals surface area contributed by atoms with Crippen LogP contribution in [-0.4, -0.2) is 22.4 Å². The fourth-order valence-electron chi connectivity index (χ4n) is 3.43. The molecular formula is C25H18N2O6. The Bertz CT molecular complexity index is 1490. The Morgan fingerprint density at radius 1 is 1.00 bits per heavy atom. The van der Waals surface area contributed by atoms with Gasteiger partial charge in [-0.05, 0) is 42.0 Å². The van der Waals surface area contributed by atoms with Crippen LogP contribution in [-0.2, 0) is 6.61 Å². The number of methoxy groups -OCH3 is 1. The molecule has 0 aliphatic carbocycles. The van der Waals surface area contributed by atoms with Crippen molar-refractivity contribution in [3.05, 3.63) is 89.0 Å². The number of nitrogens with zero attached hydrogens (tertiary/aromatic N) is 2. The second kappa shape index (κ2) is 8.51. The third-order valence-corrected chi connectivity index (χ3v) is 5.10. The molecule has 0 saturated heterocycles. The zero-order valence-electron chi connectivity index (χ0n) is 17.5. The van der Waals surface area contributed by atoms with Gasteiger partial charge < -0.3 is 23.5 Å². The number of hydrogen-bond acceptors (Lipinski definition) is 8. The molecule has 0 radical (unpaired) electrons. The average molecular weight is 442 g/mol. The highest BCUT2D eigenvalue weighted by Gasteiger charge is 2.14. The molecule has 0 amide bonds. The van der Waals surface area contributed by atoms with Crippen LogP contribution in [0.4, 0.5) is 0 Å². The van der Waals surface area contributed by atoms with Crippen molar-refractivity contribution in [3.63, 3.8) is 0 Å². The van der Waals surface area contributed by atoms with E-state index in [0.29, 0.717) is 50.9 Å². The number of benzene rings is 3. The van der Waals surface area contributed by atoms with Crippen LogP contribution in [0.2, 0.25) is 0 Å². The van der Waals surface area contributed by atoms with Crippen LogP contribution in [0.1, 0.15) is 5.82 Å². The van der Waals surface area contributed by atoms with E-state index in [-0.39, 0.29) is 17.8 Å². The van der Waals surface area contributed by atoms with Gasteiger partial charge in [0.25, 0.3) is 5.89 Å². The first-order chi connectivity index (χ1) is 16.1. The molecule has 5 rings (SSSR count). The zero-order valence-corrected chi connectivity index (χ0v) is 17.5. The van der Waals surface area contributed by atoms with Gasteiger partial charge in [-0.25, -0.2) is 0 Å². The lowest BCUT2D eigenvalue weighted by atomic mass is 10.1. The summed E-state index contributed by atoms with van der Waals surface area (Å²) in [4.78, 5) is 17.2. The van der Waals surface area contributed by atoms with Gasteiger partial charge in [0.05, 0.1) is 23.6 Å². The highest BCUT2D eigenvalue weighted by atomic mass is 16.5. The molecule has 0 aliphatic rings. The molecule has 1 N–H and O–H groups in total. The standard InChI is InChI=1S/C25H18N2O6/c1-30-21-5-3-2-4-19(21)25-26-23(27-33-25)14-31-17-10-11-18-22(12-17)32-13-20(24(18)29)15-6-8-16(28)9-7-15/h2-13,28H,14H2,1H3. The normalized spacial score (nSPS) is 10.9. The van der Waals surface area contributed by atoms with Crippen molar-refractivity contribution in [3.8, 4) is 39.8 Å². The third kappa shape index (κ3) is 4.01. The number of aromatic nitrogens is 2. The van der Waals surface area contributed by atoms with Crippen LogP contribution < -0.4 is 14.9 Å². The lowest BCUT2D eigenvalue weighted by Gasteiger charge is -2.06. The molecule has 0 spiro atoms. The summed E-state index contributed by atoms with van der Waals surface area (Å²) in [7, 11) is 1.57. The molecule has 0 fully saturated rings. The fourth-order valence-corrected chi connectivity index (χ4v) is 3.43. The van der Waals surface area contributed by atoms with E-state index in [1.165, 1.54) is 18.4 Å². The van der Waals surface area contributed by atoms with Crippen LogP contribution in [0.15, 0.2) is 86.7 Å². The van der Waals surface area contributed by atoms with Crippen LogP contribution in [0.3, 0.4) is 0 Å². The molecular weight excluding hydrogens is 424 g/mol. The van der Waals surface area contributed by atoms with Crippen molar-refractivity contribution in [1.29, 1.82) is 0 Å². The van der Waals surface area contributed by atoms with Crippen LogP contribution >= 0.6 is 0 Å². The molecule has 164 valence electrons. The summed E-state index contributed by atoms with van der Waals surface area (Å²) in [6.07, 6.45) is 1.40. The Kier molecular flexibility index (Phi) is 5.24. The Balaban J connectivity index is 1.35. The molecule has 33 heavy (non-hydrogen) atoms. The first-order valence-electron chi connectivity index (χ1n) is 10.1. The number of fused-ring (bicyclic) bond motifs is 1. The van der Waals surface area contributed by atoms with E-state index in [9.17, 15) is 9.90 Å². The largest absolute Gasteiger partial charge is 0.508 e. The van der Waals surface area contributed by atoms with Crippen molar-refractivity contribution in [2.24, 2.45) is 0 Å². The molecule has 3 aromatic carbocycles. The summed E-state index contributed by atoms with van der Waals surface area (Å²) in [6, 6.07) is 18.7. The minimum Gasteiger partial charge on any atom is -0.508 e. The molecule has 5 aromatic rings. The van der Waals surface area contributed by atoms with Gasteiger partial charge in [0.2, 0.25) is 5.82 Å². The van der Waals surface area contributed by atoms with E-state index in [1.807, 2.05) is 24.3 Å². The maximum absolute atomic E-state index is 12.9. The molecule has 0 saturated carbocycles. The highest BCUT2D eigenvalue weighted by Crippen LogP contribution is 2.28.